The molecule has 2 N–H and O–H groups in total. The maximum atomic E-state index is 13.8. The number of nitrogens with one attached hydrogen (secondary N) is 2. The Morgan fingerprint density at radius 3 is 2.11 bits per heavy atom. The van der Waals surface area contributed by atoms with E-state index in [-0.39, 0.29) is 11.4 Å². The molecule has 12 heteroatoms. The summed E-state index contributed by atoms with van der Waals surface area (Å²) in [5, 5.41) is 10.3. The first-order valence-corrected chi connectivity index (χ1v) is 13.1. The third-order valence-corrected chi connectivity index (χ3v) is 6.55. The van der Waals surface area contributed by atoms with Crippen LogP contribution in [0.2, 0.25) is 0 Å². The predicted molar refractivity (Wildman–Crippen MR) is 158 cm³/mol. The highest BCUT2D eigenvalue weighted by Crippen LogP contribution is 2.45. The molecule has 1 aliphatic carbocycles. The fourth-order valence-electron chi connectivity index (χ4n) is 4.63. The quantitative estimate of drug-likeness (QED) is 0.153. The Balaban J connectivity index is 0.000000328. The van der Waals surface area contributed by atoms with Crippen molar-refractivity contribution in [2.45, 2.75) is 6.42 Å². The zero-order valence-electron chi connectivity index (χ0n) is 23.4. The van der Waals surface area contributed by atoms with Gasteiger partial charge in [0.1, 0.15) is 23.3 Å². The third kappa shape index (κ3) is 6.45. The molecule has 1 heterocycles. The average Bonchev–Trinajstić information content (AvgIpc) is 3.53. The predicted octanol–water partition coefficient (Wildman–Crippen LogP) is 7.37. The first kappa shape index (κ1) is 29.6. The first-order chi connectivity index (χ1) is 21.3. The standard InChI is InChI=1S/C25H20F2N4O3.C7H4FNO/c1-33-21-10-14-9-20-23(19(14)13-22(21)34-2)30-31(24(20)28-17-7-3-5-15(26)11-17)25(32)29-18-8-4-6-16(27)12-18;8-6-2-1-3-7(4-6)9-5-10/h3-8,10-13,28H,9H2,1-2H3,(H,29,32);1-4H. The number of nitrogens with zero attached hydrogens (tertiary/aromatic N) is 3. The molecule has 0 fully saturated rings. The van der Waals surface area contributed by atoms with Crippen molar-refractivity contribution in [2.24, 2.45) is 4.99 Å². The molecule has 0 radical (unpaired) electrons. The van der Waals surface area contributed by atoms with Gasteiger partial charge >= 0.3 is 6.03 Å². The molecule has 0 spiro atoms. The maximum absolute atomic E-state index is 13.8. The number of carbonyl (C=O) groups excluding carboxylic acids is 2. The summed E-state index contributed by atoms with van der Waals surface area (Å²) < 4.78 is 51.7. The summed E-state index contributed by atoms with van der Waals surface area (Å²) in [7, 11) is 3.11. The van der Waals surface area contributed by atoms with E-state index in [4.69, 9.17) is 9.47 Å². The fraction of sp³-hybridized carbons (Fsp3) is 0.0938. The number of anilines is 3. The van der Waals surface area contributed by atoms with Gasteiger partial charge < -0.3 is 20.1 Å². The largest absolute Gasteiger partial charge is 0.493 e. The highest BCUT2D eigenvalue weighted by molar-refractivity contribution is 5.95. The van der Waals surface area contributed by atoms with Gasteiger partial charge in [0, 0.05) is 35.0 Å². The zero-order valence-corrected chi connectivity index (χ0v) is 23.4. The lowest BCUT2D eigenvalue weighted by atomic mass is 10.1. The topological polar surface area (TPSA) is 107 Å². The molecule has 0 bridgehead atoms. The highest BCUT2D eigenvalue weighted by Gasteiger charge is 2.31. The van der Waals surface area contributed by atoms with Crippen LogP contribution in [0, 0.1) is 17.5 Å². The number of halogens is 3. The Kier molecular flexibility index (Phi) is 8.73. The fourth-order valence-corrected chi connectivity index (χ4v) is 4.63. The molecule has 0 saturated carbocycles. The Labute approximate surface area is 249 Å². The van der Waals surface area contributed by atoms with Gasteiger partial charge in [-0.3, -0.25) is 0 Å². The van der Waals surface area contributed by atoms with Crippen molar-refractivity contribution in [3.05, 3.63) is 114 Å². The van der Waals surface area contributed by atoms with Crippen molar-refractivity contribution in [3.63, 3.8) is 0 Å². The van der Waals surface area contributed by atoms with Gasteiger partial charge in [-0.2, -0.15) is 14.8 Å². The molecule has 0 aliphatic heterocycles. The van der Waals surface area contributed by atoms with Crippen molar-refractivity contribution >= 4 is 35.0 Å². The number of hydrogen-bond donors (Lipinski definition) is 2. The molecule has 0 saturated heterocycles. The van der Waals surface area contributed by atoms with Crippen molar-refractivity contribution in [3.8, 4) is 22.8 Å². The molecule has 5 aromatic rings. The van der Waals surface area contributed by atoms with E-state index in [0.29, 0.717) is 35.1 Å². The van der Waals surface area contributed by atoms with E-state index in [0.717, 1.165) is 22.8 Å². The van der Waals surface area contributed by atoms with Crippen molar-refractivity contribution in [2.75, 3.05) is 24.9 Å². The maximum Gasteiger partial charge on any atom is 0.348 e. The zero-order chi connectivity index (χ0) is 31.2. The van der Waals surface area contributed by atoms with Crippen LogP contribution in [0.3, 0.4) is 0 Å². The summed E-state index contributed by atoms with van der Waals surface area (Å²) in [6.45, 7) is 0. The van der Waals surface area contributed by atoms with Gasteiger partial charge in [-0.25, -0.2) is 22.8 Å². The van der Waals surface area contributed by atoms with Gasteiger partial charge in [-0.05, 0) is 66.2 Å². The monoisotopic (exact) mass is 599 g/mol. The minimum atomic E-state index is -0.596. The van der Waals surface area contributed by atoms with E-state index < -0.39 is 23.5 Å². The van der Waals surface area contributed by atoms with Gasteiger partial charge in [-0.1, -0.05) is 18.2 Å². The van der Waals surface area contributed by atoms with Crippen LogP contribution in [0.15, 0.2) is 89.9 Å². The lowest BCUT2D eigenvalue weighted by Crippen LogP contribution is -2.22. The molecule has 1 aromatic heterocycles. The molecule has 6 rings (SSSR count). The number of isocyanates is 1. The number of aromatic nitrogens is 2. The molecule has 222 valence electrons. The van der Waals surface area contributed by atoms with Crippen LogP contribution in [0.25, 0.3) is 11.3 Å². The Morgan fingerprint density at radius 1 is 0.864 bits per heavy atom. The number of aliphatic imine (C=N–C) groups is 1. The molecule has 4 aromatic carbocycles. The summed E-state index contributed by atoms with van der Waals surface area (Å²) in [5.74, 6) is 0.193. The third-order valence-electron chi connectivity index (χ3n) is 6.55. The lowest BCUT2D eigenvalue weighted by Gasteiger charge is -2.13. The molecule has 1 amide bonds. The SMILES string of the molecule is COc1cc2c(cc1OC)-c1nn(C(=O)Nc3cccc(F)c3)c(Nc3cccc(F)c3)c1C2.O=C=Nc1cccc(F)c1. The van der Waals surface area contributed by atoms with Crippen LogP contribution in [0.1, 0.15) is 11.1 Å². The smallest absolute Gasteiger partial charge is 0.348 e. The second-order valence-corrected chi connectivity index (χ2v) is 9.39. The van der Waals surface area contributed by atoms with Crippen LogP contribution in [0.4, 0.5) is 40.8 Å². The van der Waals surface area contributed by atoms with Crippen LogP contribution < -0.4 is 20.1 Å². The summed E-state index contributed by atoms with van der Waals surface area (Å²) in [4.78, 5) is 26.0. The average molecular weight is 600 g/mol. The Morgan fingerprint density at radius 2 is 1.48 bits per heavy atom. The van der Waals surface area contributed by atoms with Crippen molar-refractivity contribution < 1.29 is 32.2 Å². The van der Waals surface area contributed by atoms with Gasteiger partial charge in [0.2, 0.25) is 6.08 Å². The van der Waals surface area contributed by atoms with E-state index in [2.05, 4.69) is 20.7 Å². The van der Waals surface area contributed by atoms with Crippen LogP contribution in [0.5, 0.6) is 11.5 Å². The number of fused-ring (bicyclic) bond motifs is 3. The van der Waals surface area contributed by atoms with Crippen molar-refractivity contribution in [1.29, 1.82) is 0 Å². The van der Waals surface area contributed by atoms with Gasteiger partial charge in [-0.15, -0.1) is 0 Å². The normalized spacial score (nSPS) is 10.8. The number of rotatable bonds is 6. The van der Waals surface area contributed by atoms with Gasteiger partial charge in [0.05, 0.1) is 25.6 Å². The van der Waals surface area contributed by atoms with Gasteiger partial charge in [0.15, 0.2) is 11.5 Å². The molecule has 1 aliphatic rings. The van der Waals surface area contributed by atoms with E-state index in [1.807, 2.05) is 12.1 Å². The van der Waals surface area contributed by atoms with Crippen molar-refractivity contribution in [1.82, 2.24) is 9.78 Å². The number of amides is 1. The van der Waals surface area contributed by atoms with Crippen LogP contribution >= 0.6 is 0 Å². The molecule has 0 unspecified atom stereocenters. The number of benzene rings is 4. The number of ether oxygens (including phenoxy) is 2. The molecule has 0 atom stereocenters. The Hall–Kier alpha value is -5.87. The second kappa shape index (κ2) is 13.0. The number of carbonyl (C=O) groups is 1. The van der Waals surface area contributed by atoms with E-state index in [1.165, 1.54) is 59.3 Å². The van der Waals surface area contributed by atoms with Crippen LogP contribution in [-0.2, 0) is 11.2 Å². The molecular weight excluding hydrogens is 575 g/mol. The molecular formula is C32H24F3N5O4. The summed E-state index contributed by atoms with van der Waals surface area (Å²) >= 11 is 0. The molecule has 9 nitrogen and oxygen atoms in total. The van der Waals surface area contributed by atoms with E-state index >= 15 is 0 Å². The number of hydrogen-bond acceptors (Lipinski definition) is 7. The minimum absolute atomic E-state index is 0.282. The Bertz CT molecular complexity index is 1900. The number of methoxy groups -OCH3 is 2. The van der Waals surface area contributed by atoms with E-state index in [9.17, 15) is 22.8 Å². The first-order valence-electron chi connectivity index (χ1n) is 13.1. The van der Waals surface area contributed by atoms with Crippen LogP contribution in [-0.4, -0.2) is 36.1 Å². The summed E-state index contributed by atoms with van der Waals surface area (Å²) in [6.07, 6.45) is 1.79. The molecule has 44 heavy (non-hydrogen) atoms. The van der Waals surface area contributed by atoms with E-state index in [1.54, 1.807) is 32.4 Å². The second-order valence-electron chi connectivity index (χ2n) is 9.39. The summed E-state index contributed by atoms with van der Waals surface area (Å²) in [6, 6.07) is 20.0. The summed E-state index contributed by atoms with van der Waals surface area (Å²) in [5.41, 5.74) is 4.11. The lowest BCUT2D eigenvalue weighted by molar-refractivity contribution is 0.251. The van der Waals surface area contributed by atoms with Gasteiger partial charge in [0.25, 0.3) is 0 Å². The highest BCUT2D eigenvalue weighted by atomic mass is 19.1. The minimum Gasteiger partial charge on any atom is -0.493 e.